The Balaban J connectivity index is 2.02. The summed E-state index contributed by atoms with van der Waals surface area (Å²) in [7, 11) is -1.35. The van der Waals surface area contributed by atoms with Crippen molar-refractivity contribution in [3.05, 3.63) is 42.5 Å². The second-order valence-electron chi connectivity index (χ2n) is 4.57. The number of rotatable bonds is 6. The second-order valence-corrected chi connectivity index (χ2v) is 6.02. The first-order valence-electron chi connectivity index (χ1n) is 6.73. The lowest BCUT2D eigenvalue weighted by atomic mass is 10.1. The Morgan fingerprint density at radius 3 is 2.65 bits per heavy atom. The molecule has 0 aromatic heterocycles. The van der Waals surface area contributed by atoms with Crippen molar-refractivity contribution >= 4 is 27.5 Å². The number of benzene rings is 2. The third-order valence-electron chi connectivity index (χ3n) is 2.99. The molecule has 1 unspecified atom stereocenters. The third-order valence-corrected chi connectivity index (χ3v) is 4.27. The van der Waals surface area contributed by atoms with Gasteiger partial charge in [0, 0.05) is 4.90 Å². The Bertz CT molecular complexity index is 622. The summed E-state index contributed by atoms with van der Waals surface area (Å²) < 4.78 is 17.2. The fourth-order valence-corrected chi connectivity index (χ4v) is 2.81. The largest absolute Gasteiger partial charge is 0.465 e. The molecule has 0 amide bonds. The average molecular weight is 290 g/mol. The zero-order valence-corrected chi connectivity index (χ0v) is 12.3. The van der Waals surface area contributed by atoms with Crippen LogP contribution in [0.4, 0.5) is 0 Å². The summed E-state index contributed by atoms with van der Waals surface area (Å²) in [5.74, 6) is -0.479. The van der Waals surface area contributed by atoms with E-state index in [1.807, 2.05) is 43.3 Å². The highest BCUT2D eigenvalue weighted by atomic mass is 32.2. The number of hydrogen-bond donors (Lipinski definition) is 0. The lowest BCUT2D eigenvalue weighted by molar-refractivity contribution is -0.140. The van der Waals surface area contributed by atoms with E-state index in [9.17, 15) is 9.00 Å². The summed E-state index contributed by atoms with van der Waals surface area (Å²) in [6, 6.07) is 13.5. The van der Waals surface area contributed by atoms with Gasteiger partial charge in [-0.15, -0.1) is 0 Å². The van der Waals surface area contributed by atoms with E-state index < -0.39 is 16.8 Å². The van der Waals surface area contributed by atoms with Crippen molar-refractivity contribution < 1.29 is 13.7 Å². The summed E-state index contributed by atoms with van der Waals surface area (Å²) >= 11 is 0. The quantitative estimate of drug-likeness (QED) is 0.605. The van der Waals surface area contributed by atoms with E-state index >= 15 is 0 Å². The number of fused-ring (bicyclic) bond motifs is 1. The van der Waals surface area contributed by atoms with Gasteiger partial charge in [-0.25, -0.2) is 0 Å². The first kappa shape index (κ1) is 14.7. The lowest BCUT2D eigenvalue weighted by Gasteiger charge is -2.05. The number of esters is 1. The van der Waals surface area contributed by atoms with Crippen LogP contribution < -0.4 is 0 Å². The molecule has 0 saturated heterocycles. The van der Waals surface area contributed by atoms with Crippen LogP contribution in [0.25, 0.3) is 10.8 Å². The molecule has 0 bridgehead atoms. The monoisotopic (exact) mass is 290 g/mol. The Morgan fingerprint density at radius 1 is 1.15 bits per heavy atom. The zero-order chi connectivity index (χ0) is 14.4. The molecule has 2 aromatic carbocycles. The minimum atomic E-state index is -1.35. The summed E-state index contributed by atoms with van der Waals surface area (Å²) in [4.78, 5) is 12.2. The van der Waals surface area contributed by atoms with Crippen LogP contribution in [-0.4, -0.2) is 22.5 Å². The van der Waals surface area contributed by atoms with Crippen molar-refractivity contribution in [1.82, 2.24) is 0 Å². The van der Waals surface area contributed by atoms with Gasteiger partial charge in [0.2, 0.25) is 0 Å². The van der Waals surface area contributed by atoms with Gasteiger partial charge in [-0.1, -0.05) is 43.7 Å². The predicted octanol–water partition coefficient (Wildman–Crippen LogP) is 3.29. The standard InChI is InChI=1S/C16H18O3S/c1-2-3-10-19-16(17)12-20(18)15-9-8-13-6-4-5-7-14(13)11-15/h4-9,11H,2-3,10,12H2,1H3. The lowest BCUT2D eigenvalue weighted by Crippen LogP contribution is -2.14. The van der Waals surface area contributed by atoms with Crippen molar-refractivity contribution in [3.63, 3.8) is 0 Å². The molecule has 106 valence electrons. The van der Waals surface area contributed by atoms with Gasteiger partial charge in [-0.05, 0) is 29.3 Å². The third kappa shape index (κ3) is 3.90. The SMILES string of the molecule is CCCCOC(=O)CS(=O)c1ccc2ccccc2c1. The zero-order valence-electron chi connectivity index (χ0n) is 11.5. The van der Waals surface area contributed by atoms with E-state index in [1.165, 1.54) is 0 Å². The van der Waals surface area contributed by atoms with E-state index in [4.69, 9.17) is 4.74 Å². The molecule has 0 aliphatic rings. The molecular weight excluding hydrogens is 272 g/mol. The molecule has 1 atom stereocenters. The summed E-state index contributed by atoms with van der Waals surface area (Å²) in [6.07, 6.45) is 1.81. The van der Waals surface area contributed by atoms with Gasteiger partial charge >= 0.3 is 5.97 Å². The number of carbonyl (C=O) groups excluding carboxylic acids is 1. The molecule has 0 saturated carbocycles. The smallest absolute Gasteiger partial charge is 0.318 e. The van der Waals surface area contributed by atoms with E-state index in [0.717, 1.165) is 23.6 Å². The topological polar surface area (TPSA) is 43.4 Å². The Labute approximate surface area is 121 Å². The highest BCUT2D eigenvalue weighted by molar-refractivity contribution is 7.85. The molecule has 0 aliphatic heterocycles. The van der Waals surface area contributed by atoms with Gasteiger partial charge in [0.1, 0.15) is 5.75 Å². The van der Waals surface area contributed by atoms with Crippen molar-refractivity contribution in [2.75, 3.05) is 12.4 Å². The minimum Gasteiger partial charge on any atom is -0.465 e. The van der Waals surface area contributed by atoms with Gasteiger partial charge in [0.15, 0.2) is 0 Å². The van der Waals surface area contributed by atoms with Crippen LogP contribution in [0.15, 0.2) is 47.4 Å². The summed E-state index contributed by atoms with van der Waals surface area (Å²) in [5.41, 5.74) is 0. The maximum absolute atomic E-state index is 12.1. The van der Waals surface area contributed by atoms with Crippen LogP contribution in [0.1, 0.15) is 19.8 Å². The van der Waals surface area contributed by atoms with E-state index in [-0.39, 0.29) is 5.75 Å². The molecule has 0 fully saturated rings. The van der Waals surface area contributed by atoms with E-state index in [1.54, 1.807) is 6.07 Å². The molecule has 2 aromatic rings. The fourth-order valence-electron chi connectivity index (χ4n) is 1.87. The highest BCUT2D eigenvalue weighted by Gasteiger charge is 2.11. The minimum absolute atomic E-state index is 0.0813. The van der Waals surface area contributed by atoms with Crippen molar-refractivity contribution in [1.29, 1.82) is 0 Å². The molecule has 3 nitrogen and oxygen atoms in total. The van der Waals surface area contributed by atoms with Crippen LogP contribution in [0, 0.1) is 0 Å². The van der Waals surface area contributed by atoms with Crippen LogP contribution >= 0.6 is 0 Å². The van der Waals surface area contributed by atoms with Crippen molar-refractivity contribution in [2.45, 2.75) is 24.7 Å². The van der Waals surface area contributed by atoms with Crippen LogP contribution in [-0.2, 0) is 20.3 Å². The second kappa shape index (κ2) is 7.20. The van der Waals surface area contributed by atoms with Crippen LogP contribution in [0.2, 0.25) is 0 Å². The number of carbonyl (C=O) groups is 1. The molecule has 0 aliphatic carbocycles. The number of unbranched alkanes of at least 4 members (excludes halogenated alkanes) is 1. The molecule has 0 N–H and O–H groups in total. The molecule has 0 heterocycles. The normalized spacial score (nSPS) is 12.2. The van der Waals surface area contributed by atoms with Crippen molar-refractivity contribution in [2.24, 2.45) is 0 Å². The van der Waals surface area contributed by atoms with Gasteiger partial charge in [0.05, 0.1) is 17.4 Å². The summed E-state index contributed by atoms with van der Waals surface area (Å²) in [6.45, 7) is 2.44. The first-order chi connectivity index (χ1) is 9.70. The van der Waals surface area contributed by atoms with Gasteiger partial charge in [-0.2, -0.15) is 0 Å². The Hall–Kier alpha value is -1.68. The highest BCUT2D eigenvalue weighted by Crippen LogP contribution is 2.18. The molecule has 0 radical (unpaired) electrons. The molecule has 0 spiro atoms. The first-order valence-corrected chi connectivity index (χ1v) is 8.05. The number of ether oxygens (including phenoxy) is 1. The maximum atomic E-state index is 12.1. The van der Waals surface area contributed by atoms with Gasteiger partial charge in [0.25, 0.3) is 0 Å². The van der Waals surface area contributed by atoms with Crippen LogP contribution in [0.3, 0.4) is 0 Å². The molecule has 4 heteroatoms. The van der Waals surface area contributed by atoms with Crippen molar-refractivity contribution in [3.8, 4) is 0 Å². The molecule has 20 heavy (non-hydrogen) atoms. The van der Waals surface area contributed by atoms with Gasteiger partial charge < -0.3 is 4.74 Å². The average Bonchev–Trinajstić information content (AvgIpc) is 2.47. The molecular formula is C16H18O3S. The Morgan fingerprint density at radius 2 is 1.90 bits per heavy atom. The molecule has 2 rings (SSSR count). The number of hydrogen-bond acceptors (Lipinski definition) is 3. The Kier molecular flexibility index (Phi) is 5.30. The van der Waals surface area contributed by atoms with Gasteiger partial charge in [-0.3, -0.25) is 9.00 Å². The van der Waals surface area contributed by atoms with E-state index in [2.05, 4.69) is 0 Å². The van der Waals surface area contributed by atoms with Crippen LogP contribution in [0.5, 0.6) is 0 Å². The predicted molar refractivity (Wildman–Crippen MR) is 81.1 cm³/mol. The maximum Gasteiger partial charge on any atom is 0.318 e. The van der Waals surface area contributed by atoms with E-state index in [0.29, 0.717) is 11.5 Å². The summed E-state index contributed by atoms with van der Waals surface area (Å²) in [5, 5.41) is 2.12. The fraction of sp³-hybridized carbons (Fsp3) is 0.312.